The summed E-state index contributed by atoms with van der Waals surface area (Å²) < 4.78 is 0. The molecule has 0 aromatic carbocycles. The van der Waals surface area contributed by atoms with Gasteiger partial charge in [0.25, 0.3) is 0 Å². The highest BCUT2D eigenvalue weighted by Crippen LogP contribution is 2.17. The Morgan fingerprint density at radius 3 is 2.65 bits per heavy atom. The molecule has 1 heterocycles. The molecule has 1 aliphatic heterocycles. The monoisotopic (exact) mass is 242 g/mol. The maximum absolute atomic E-state index is 12.0. The fraction of sp³-hybridized carbons (Fsp3) is 0.833. The molecule has 2 atom stereocenters. The Bertz CT molecular complexity index is 306. The minimum atomic E-state index is -1.17. The molecule has 17 heavy (non-hydrogen) atoms. The van der Waals surface area contributed by atoms with Crippen LogP contribution in [0.1, 0.15) is 40.0 Å². The van der Waals surface area contributed by atoms with Gasteiger partial charge in [0, 0.05) is 13.1 Å². The first-order chi connectivity index (χ1) is 7.89. The number of aliphatic carboxylic acids is 1. The lowest BCUT2D eigenvalue weighted by Crippen LogP contribution is -2.57. The number of hydrogen-bond donors (Lipinski definition) is 2. The summed E-state index contributed by atoms with van der Waals surface area (Å²) in [5.41, 5.74) is -1.17. The number of piperidine rings is 1. The van der Waals surface area contributed by atoms with Crippen molar-refractivity contribution in [2.45, 2.75) is 45.6 Å². The maximum Gasteiger partial charge on any atom is 0.329 e. The Morgan fingerprint density at radius 1 is 1.53 bits per heavy atom. The van der Waals surface area contributed by atoms with Gasteiger partial charge >= 0.3 is 12.0 Å². The van der Waals surface area contributed by atoms with Gasteiger partial charge in [0.05, 0.1) is 0 Å². The molecule has 2 unspecified atom stereocenters. The minimum Gasteiger partial charge on any atom is -0.480 e. The summed E-state index contributed by atoms with van der Waals surface area (Å²) in [6.45, 7) is 6.84. The number of nitrogens with zero attached hydrogens (tertiary/aromatic N) is 1. The molecule has 0 bridgehead atoms. The van der Waals surface area contributed by atoms with E-state index in [1.165, 1.54) is 0 Å². The van der Waals surface area contributed by atoms with Crippen molar-refractivity contribution < 1.29 is 14.7 Å². The van der Waals surface area contributed by atoms with E-state index in [0.29, 0.717) is 18.9 Å². The lowest BCUT2D eigenvalue weighted by Gasteiger charge is -2.34. The van der Waals surface area contributed by atoms with Crippen molar-refractivity contribution in [2.75, 3.05) is 13.1 Å². The zero-order valence-electron chi connectivity index (χ0n) is 10.8. The first-order valence-corrected chi connectivity index (χ1v) is 6.19. The van der Waals surface area contributed by atoms with Crippen LogP contribution in [0.5, 0.6) is 0 Å². The largest absolute Gasteiger partial charge is 0.480 e. The Kier molecular flexibility index (Phi) is 4.37. The SMILES string of the molecule is CCC(C)(NC(=O)N1CCCC(C)C1)C(=O)O. The Balaban J connectivity index is 2.61. The minimum absolute atomic E-state index is 0.261. The van der Waals surface area contributed by atoms with Crippen molar-refractivity contribution in [1.29, 1.82) is 0 Å². The van der Waals surface area contributed by atoms with Gasteiger partial charge in [0.15, 0.2) is 0 Å². The molecule has 0 radical (unpaired) electrons. The highest BCUT2D eigenvalue weighted by Gasteiger charge is 2.34. The lowest BCUT2D eigenvalue weighted by molar-refractivity contribution is -0.143. The van der Waals surface area contributed by atoms with Crippen molar-refractivity contribution in [3.05, 3.63) is 0 Å². The molecule has 1 fully saturated rings. The molecular formula is C12H22N2O3. The summed E-state index contributed by atoms with van der Waals surface area (Å²) in [7, 11) is 0. The number of hydrogen-bond acceptors (Lipinski definition) is 2. The number of carbonyl (C=O) groups is 2. The fourth-order valence-electron chi connectivity index (χ4n) is 1.98. The van der Waals surface area contributed by atoms with Crippen molar-refractivity contribution in [1.82, 2.24) is 10.2 Å². The predicted octanol–water partition coefficient (Wildman–Crippen LogP) is 1.68. The van der Waals surface area contributed by atoms with Crippen molar-refractivity contribution >= 4 is 12.0 Å². The van der Waals surface area contributed by atoms with E-state index in [1.54, 1.807) is 18.7 Å². The van der Waals surface area contributed by atoms with Gasteiger partial charge in [-0.25, -0.2) is 9.59 Å². The summed E-state index contributed by atoms with van der Waals surface area (Å²) in [4.78, 5) is 24.8. The molecule has 0 saturated carbocycles. The first-order valence-electron chi connectivity index (χ1n) is 6.19. The van der Waals surface area contributed by atoms with Crippen LogP contribution in [-0.2, 0) is 4.79 Å². The van der Waals surface area contributed by atoms with Crippen molar-refractivity contribution in [2.24, 2.45) is 5.92 Å². The fourth-order valence-corrected chi connectivity index (χ4v) is 1.98. The van der Waals surface area contributed by atoms with Crippen LogP contribution in [0, 0.1) is 5.92 Å². The van der Waals surface area contributed by atoms with Crippen LogP contribution in [0.4, 0.5) is 4.79 Å². The Labute approximate surface area is 102 Å². The van der Waals surface area contributed by atoms with E-state index in [9.17, 15) is 9.59 Å². The Hall–Kier alpha value is -1.26. The molecule has 1 aliphatic rings. The van der Waals surface area contributed by atoms with Gasteiger partial charge in [0.2, 0.25) is 0 Å². The molecule has 0 aromatic rings. The van der Waals surface area contributed by atoms with Crippen LogP contribution in [0.25, 0.3) is 0 Å². The third kappa shape index (κ3) is 3.35. The first kappa shape index (κ1) is 13.8. The molecule has 2 amide bonds. The summed E-state index contributed by atoms with van der Waals surface area (Å²) in [5.74, 6) is -0.495. The number of carboxylic acids is 1. The van der Waals surface area contributed by atoms with Gasteiger partial charge in [-0.1, -0.05) is 13.8 Å². The number of likely N-dealkylation sites (tertiary alicyclic amines) is 1. The molecule has 5 heteroatoms. The van der Waals surface area contributed by atoms with Gasteiger partial charge in [-0.15, -0.1) is 0 Å². The standard InChI is InChI=1S/C12H22N2O3/c1-4-12(3,10(15)16)13-11(17)14-7-5-6-9(2)8-14/h9H,4-8H2,1-3H3,(H,13,17)(H,15,16). The maximum atomic E-state index is 12.0. The van der Waals surface area contributed by atoms with E-state index in [-0.39, 0.29) is 6.03 Å². The number of nitrogens with one attached hydrogen (secondary N) is 1. The number of carboxylic acid groups (broad SMARTS) is 1. The van der Waals surface area contributed by atoms with E-state index in [2.05, 4.69) is 12.2 Å². The van der Waals surface area contributed by atoms with Gasteiger partial charge < -0.3 is 15.3 Å². The number of urea groups is 1. The zero-order chi connectivity index (χ0) is 13.1. The summed E-state index contributed by atoms with van der Waals surface area (Å²) in [5, 5.41) is 11.7. The van der Waals surface area contributed by atoms with Crippen LogP contribution in [0.3, 0.4) is 0 Å². The quantitative estimate of drug-likeness (QED) is 0.791. The highest BCUT2D eigenvalue weighted by molar-refractivity contribution is 5.85. The van der Waals surface area contributed by atoms with Gasteiger partial charge in [-0.05, 0) is 32.1 Å². The lowest BCUT2D eigenvalue weighted by atomic mass is 9.98. The van der Waals surface area contributed by atoms with Crippen LogP contribution in [-0.4, -0.2) is 40.6 Å². The number of carbonyl (C=O) groups excluding carboxylic acids is 1. The topological polar surface area (TPSA) is 69.6 Å². The third-order valence-electron chi connectivity index (χ3n) is 3.51. The molecule has 0 aliphatic carbocycles. The van der Waals surface area contributed by atoms with Crippen LogP contribution in [0.15, 0.2) is 0 Å². The van der Waals surface area contributed by atoms with Gasteiger partial charge in [-0.2, -0.15) is 0 Å². The second kappa shape index (κ2) is 5.38. The number of rotatable bonds is 3. The van der Waals surface area contributed by atoms with Crippen molar-refractivity contribution in [3.8, 4) is 0 Å². The molecular weight excluding hydrogens is 220 g/mol. The van der Waals surface area contributed by atoms with E-state index < -0.39 is 11.5 Å². The third-order valence-corrected chi connectivity index (χ3v) is 3.51. The van der Waals surface area contributed by atoms with Crippen LogP contribution in [0.2, 0.25) is 0 Å². The second-order valence-electron chi connectivity index (χ2n) is 5.11. The highest BCUT2D eigenvalue weighted by atomic mass is 16.4. The average Bonchev–Trinajstić information content (AvgIpc) is 2.28. The normalized spacial score (nSPS) is 23.9. The number of amides is 2. The van der Waals surface area contributed by atoms with E-state index in [0.717, 1.165) is 19.4 Å². The van der Waals surface area contributed by atoms with Gasteiger partial charge in [-0.3, -0.25) is 0 Å². The zero-order valence-corrected chi connectivity index (χ0v) is 10.8. The Morgan fingerprint density at radius 2 is 2.18 bits per heavy atom. The molecule has 5 nitrogen and oxygen atoms in total. The van der Waals surface area contributed by atoms with E-state index >= 15 is 0 Å². The smallest absolute Gasteiger partial charge is 0.329 e. The van der Waals surface area contributed by atoms with Crippen molar-refractivity contribution in [3.63, 3.8) is 0 Å². The molecule has 0 spiro atoms. The van der Waals surface area contributed by atoms with Crippen LogP contribution >= 0.6 is 0 Å². The molecule has 0 aromatic heterocycles. The second-order valence-corrected chi connectivity index (χ2v) is 5.11. The van der Waals surface area contributed by atoms with E-state index in [1.807, 2.05) is 0 Å². The molecule has 98 valence electrons. The van der Waals surface area contributed by atoms with Gasteiger partial charge in [0.1, 0.15) is 5.54 Å². The molecule has 1 saturated heterocycles. The summed E-state index contributed by atoms with van der Waals surface area (Å²) in [6, 6.07) is -0.261. The summed E-state index contributed by atoms with van der Waals surface area (Å²) >= 11 is 0. The predicted molar refractivity (Wildman–Crippen MR) is 64.8 cm³/mol. The average molecular weight is 242 g/mol. The van der Waals surface area contributed by atoms with E-state index in [4.69, 9.17) is 5.11 Å². The molecule has 1 rings (SSSR count). The summed E-state index contributed by atoms with van der Waals surface area (Å²) in [6.07, 6.45) is 2.50. The van der Waals surface area contributed by atoms with Crippen LogP contribution < -0.4 is 5.32 Å². The molecule has 2 N–H and O–H groups in total.